The van der Waals surface area contributed by atoms with Gasteiger partial charge in [-0.2, -0.15) is 0 Å². The molecular weight excluding hydrogens is 482 g/mol. The fourth-order valence-electron chi connectivity index (χ4n) is 1.51. The number of hydrogen-bond donors (Lipinski definition) is 0. The lowest BCUT2D eigenvalue weighted by atomic mass is 10.2. The topological polar surface area (TPSA) is 35.5 Å². The molecule has 0 radical (unpaired) electrons. The highest BCUT2D eigenvalue weighted by molar-refractivity contribution is 14.1. The Labute approximate surface area is 144 Å². The van der Waals surface area contributed by atoms with Crippen LogP contribution in [-0.2, 0) is 8.86 Å². The van der Waals surface area contributed by atoms with Crippen molar-refractivity contribution in [1.82, 2.24) is 0 Å². The predicted octanol–water partition coefficient (Wildman–Crippen LogP) is 5.13. The van der Waals surface area contributed by atoms with Gasteiger partial charge >= 0.3 is 6.16 Å². The van der Waals surface area contributed by atoms with Gasteiger partial charge in [-0.25, -0.2) is 4.79 Å². The average Bonchev–Trinajstić information content (AvgIpc) is 2.49. The lowest BCUT2D eigenvalue weighted by Gasteiger charge is -2.06. The van der Waals surface area contributed by atoms with E-state index in [1.54, 1.807) is 24.3 Å². The Kier molecular flexibility index (Phi) is 6.08. The summed E-state index contributed by atoms with van der Waals surface area (Å²) in [6.45, 7) is 0. The molecule has 0 spiro atoms. The van der Waals surface area contributed by atoms with Crippen LogP contribution >= 0.6 is 45.2 Å². The summed E-state index contributed by atoms with van der Waals surface area (Å²) < 4.78 is 12.1. The summed E-state index contributed by atoms with van der Waals surface area (Å²) in [5.41, 5.74) is 2.36. The van der Waals surface area contributed by atoms with Crippen LogP contribution in [0.15, 0.2) is 48.5 Å². The van der Waals surface area contributed by atoms with Gasteiger partial charge in [0.1, 0.15) is 11.5 Å². The molecule has 2 rings (SSSR count). The van der Waals surface area contributed by atoms with Crippen LogP contribution in [0.1, 0.15) is 11.1 Å². The maximum atomic E-state index is 11.6. The van der Waals surface area contributed by atoms with E-state index in [0.717, 1.165) is 8.86 Å². The van der Waals surface area contributed by atoms with Crippen molar-refractivity contribution in [2.45, 2.75) is 8.86 Å². The zero-order valence-electron chi connectivity index (χ0n) is 10.5. The Hall–Kier alpha value is -0.830. The monoisotopic (exact) mass is 494 g/mol. The average molecular weight is 494 g/mol. The Morgan fingerprint density at radius 1 is 0.750 bits per heavy atom. The van der Waals surface area contributed by atoms with Crippen LogP contribution in [0.2, 0.25) is 0 Å². The van der Waals surface area contributed by atoms with Crippen LogP contribution in [0.4, 0.5) is 4.79 Å². The van der Waals surface area contributed by atoms with E-state index in [1.807, 2.05) is 24.3 Å². The Balaban J connectivity index is 1.93. The van der Waals surface area contributed by atoms with Crippen LogP contribution < -0.4 is 9.47 Å². The van der Waals surface area contributed by atoms with E-state index in [0.29, 0.717) is 11.5 Å². The molecule has 0 heterocycles. The van der Waals surface area contributed by atoms with Crippen LogP contribution in [0.3, 0.4) is 0 Å². The molecule has 5 heteroatoms. The normalized spacial score (nSPS) is 10.1. The Morgan fingerprint density at radius 3 is 1.40 bits per heavy atom. The first-order valence-corrected chi connectivity index (χ1v) is 8.96. The fraction of sp³-hybridized carbons (Fsp3) is 0.133. The fourth-order valence-corrected chi connectivity index (χ4v) is 2.52. The van der Waals surface area contributed by atoms with Crippen LogP contribution in [-0.4, -0.2) is 6.16 Å². The minimum Gasteiger partial charge on any atom is -0.395 e. The molecule has 0 atom stereocenters. The molecule has 0 aliphatic carbocycles. The molecule has 0 saturated heterocycles. The first kappa shape index (κ1) is 15.6. The number of rotatable bonds is 4. The quantitative estimate of drug-likeness (QED) is 0.256. The molecule has 20 heavy (non-hydrogen) atoms. The highest BCUT2D eigenvalue weighted by atomic mass is 127. The smallest absolute Gasteiger partial charge is 0.395 e. The number of alkyl halides is 2. The van der Waals surface area contributed by atoms with E-state index < -0.39 is 6.16 Å². The molecule has 0 amide bonds. The van der Waals surface area contributed by atoms with Gasteiger partial charge in [0.25, 0.3) is 0 Å². The van der Waals surface area contributed by atoms with Gasteiger partial charge in [0.15, 0.2) is 0 Å². The SMILES string of the molecule is O=C(Oc1ccc(CI)cc1)Oc1ccc(CI)cc1. The van der Waals surface area contributed by atoms with E-state index in [-0.39, 0.29) is 0 Å². The molecule has 0 unspecified atom stereocenters. The van der Waals surface area contributed by atoms with E-state index in [1.165, 1.54) is 11.1 Å². The van der Waals surface area contributed by atoms with E-state index >= 15 is 0 Å². The van der Waals surface area contributed by atoms with Gasteiger partial charge in [-0.3, -0.25) is 0 Å². The number of halogens is 2. The molecule has 0 N–H and O–H groups in total. The predicted molar refractivity (Wildman–Crippen MR) is 95.0 cm³/mol. The Bertz CT molecular complexity index is 513. The van der Waals surface area contributed by atoms with Crippen molar-refractivity contribution < 1.29 is 14.3 Å². The molecule has 3 nitrogen and oxygen atoms in total. The highest BCUT2D eigenvalue weighted by Gasteiger charge is 2.07. The van der Waals surface area contributed by atoms with Crippen molar-refractivity contribution in [3.63, 3.8) is 0 Å². The van der Waals surface area contributed by atoms with E-state index in [4.69, 9.17) is 9.47 Å². The van der Waals surface area contributed by atoms with Crippen molar-refractivity contribution >= 4 is 51.3 Å². The second-order valence-electron chi connectivity index (χ2n) is 4.01. The molecule has 0 fully saturated rings. The Morgan fingerprint density at radius 2 is 1.10 bits per heavy atom. The van der Waals surface area contributed by atoms with Gasteiger partial charge in [0.2, 0.25) is 0 Å². The number of carbonyl (C=O) groups excluding carboxylic acids is 1. The molecule has 0 saturated carbocycles. The second kappa shape index (κ2) is 7.82. The third-order valence-corrected chi connectivity index (χ3v) is 4.32. The van der Waals surface area contributed by atoms with E-state index in [9.17, 15) is 4.79 Å². The van der Waals surface area contributed by atoms with Gasteiger partial charge in [0.05, 0.1) is 0 Å². The van der Waals surface area contributed by atoms with Crippen LogP contribution in [0.5, 0.6) is 11.5 Å². The molecule has 2 aromatic carbocycles. The summed E-state index contributed by atoms with van der Waals surface area (Å²) in [4.78, 5) is 11.6. The molecule has 2 aromatic rings. The lowest BCUT2D eigenvalue weighted by molar-refractivity contribution is 0.152. The minimum atomic E-state index is -0.727. The third-order valence-electron chi connectivity index (χ3n) is 2.56. The van der Waals surface area contributed by atoms with E-state index in [2.05, 4.69) is 45.2 Å². The largest absolute Gasteiger partial charge is 0.519 e. The lowest BCUT2D eigenvalue weighted by Crippen LogP contribution is -2.13. The van der Waals surface area contributed by atoms with Crippen LogP contribution in [0, 0.1) is 0 Å². The highest BCUT2D eigenvalue weighted by Crippen LogP contribution is 2.17. The summed E-state index contributed by atoms with van der Waals surface area (Å²) in [5.74, 6) is 0.958. The van der Waals surface area contributed by atoms with Gasteiger partial charge < -0.3 is 9.47 Å². The standard InChI is InChI=1S/C15H12I2O3/c16-9-11-1-5-13(6-2-11)19-15(18)20-14-7-3-12(10-17)4-8-14/h1-8H,9-10H2. The second-order valence-corrected chi connectivity index (χ2v) is 5.53. The van der Waals surface area contributed by atoms with Crippen molar-refractivity contribution in [3.8, 4) is 11.5 Å². The van der Waals surface area contributed by atoms with Crippen molar-refractivity contribution in [1.29, 1.82) is 0 Å². The minimum absolute atomic E-state index is 0.479. The molecule has 104 valence electrons. The van der Waals surface area contributed by atoms with Crippen molar-refractivity contribution in [3.05, 3.63) is 59.7 Å². The summed E-state index contributed by atoms with van der Waals surface area (Å²) >= 11 is 4.56. The number of ether oxygens (including phenoxy) is 2. The van der Waals surface area contributed by atoms with Gasteiger partial charge in [-0.05, 0) is 35.4 Å². The van der Waals surface area contributed by atoms with Gasteiger partial charge in [-0.1, -0.05) is 69.4 Å². The summed E-state index contributed by atoms with van der Waals surface area (Å²) in [6, 6.07) is 14.7. The van der Waals surface area contributed by atoms with Crippen LogP contribution in [0.25, 0.3) is 0 Å². The summed E-state index contributed by atoms with van der Waals surface area (Å²) in [7, 11) is 0. The zero-order chi connectivity index (χ0) is 14.4. The maximum Gasteiger partial charge on any atom is 0.519 e. The first-order chi connectivity index (χ1) is 9.71. The van der Waals surface area contributed by atoms with Gasteiger partial charge in [-0.15, -0.1) is 0 Å². The molecular formula is C15H12I2O3. The number of hydrogen-bond acceptors (Lipinski definition) is 3. The zero-order valence-corrected chi connectivity index (χ0v) is 14.8. The molecule has 0 aliphatic heterocycles. The van der Waals surface area contributed by atoms with Gasteiger partial charge in [0, 0.05) is 8.86 Å². The molecule has 0 bridgehead atoms. The van der Waals surface area contributed by atoms with Crippen molar-refractivity contribution in [2.24, 2.45) is 0 Å². The summed E-state index contributed by atoms with van der Waals surface area (Å²) in [5, 5.41) is 0. The first-order valence-electron chi connectivity index (χ1n) is 5.90. The van der Waals surface area contributed by atoms with Crippen molar-refractivity contribution in [2.75, 3.05) is 0 Å². The molecule has 0 aromatic heterocycles. The molecule has 0 aliphatic rings. The maximum absolute atomic E-state index is 11.6. The third kappa shape index (κ3) is 4.62. The number of carbonyl (C=O) groups is 1. The summed E-state index contributed by atoms with van der Waals surface area (Å²) in [6.07, 6.45) is -0.727. The number of benzene rings is 2.